The molecular weight excluding hydrogens is 723 g/mol. The maximum Gasteiger partial charge on any atom is 0.422 e. The molecule has 1 aliphatic heterocycles. The molecule has 0 unspecified atom stereocenters. The van der Waals surface area contributed by atoms with E-state index in [0.717, 1.165) is 12.1 Å². The summed E-state index contributed by atoms with van der Waals surface area (Å²) in [5.74, 6) is -2.00. The van der Waals surface area contributed by atoms with Gasteiger partial charge in [-0.25, -0.2) is 8.78 Å². The quantitative estimate of drug-likeness (QED) is 0.0493. The molecule has 288 valence electrons. The zero-order valence-electron chi connectivity index (χ0n) is 30.6. The molecular formula is C36H43F5N4O7Si. The maximum absolute atomic E-state index is 17.3. The van der Waals surface area contributed by atoms with E-state index in [9.17, 15) is 28.4 Å². The minimum absolute atomic E-state index is 0.0426. The van der Waals surface area contributed by atoms with Gasteiger partial charge in [-0.05, 0) is 78.9 Å². The molecule has 0 bridgehead atoms. The molecule has 5 rings (SSSR count). The zero-order chi connectivity index (χ0) is 39.1. The van der Waals surface area contributed by atoms with Crippen molar-refractivity contribution < 1.29 is 50.6 Å². The van der Waals surface area contributed by atoms with Crippen molar-refractivity contribution in [2.45, 2.75) is 76.9 Å². The number of nitro benzene ring substituents is 1. The van der Waals surface area contributed by atoms with E-state index in [2.05, 4.69) is 43.8 Å². The van der Waals surface area contributed by atoms with Gasteiger partial charge >= 0.3 is 12.2 Å². The smallest absolute Gasteiger partial charge is 0.422 e. The second-order valence-electron chi connectivity index (χ2n) is 14.9. The SMILES string of the molecule is COCOc1cc(-c2c([N+](=O)[O-])cc3c(N4CCC[C@@](C)(O[Si](C)(C)C(C)(C)C)C4)nc(OCC(F)(F)F)nc3c2F)c2c(CCO)c(F)ccc2c1. The third-order valence-electron chi connectivity index (χ3n) is 9.81. The van der Waals surface area contributed by atoms with Crippen molar-refractivity contribution in [1.29, 1.82) is 0 Å². The van der Waals surface area contributed by atoms with Gasteiger partial charge in [-0.15, -0.1) is 0 Å². The normalized spacial score (nSPS) is 17.1. The number of anilines is 1. The van der Waals surface area contributed by atoms with Crippen molar-refractivity contribution in [3.05, 3.63) is 57.6 Å². The van der Waals surface area contributed by atoms with Gasteiger partial charge in [0.2, 0.25) is 0 Å². The Morgan fingerprint density at radius 3 is 2.43 bits per heavy atom. The topological polar surface area (TPSA) is 129 Å². The second kappa shape index (κ2) is 14.9. The van der Waals surface area contributed by atoms with E-state index in [1.807, 2.05) is 6.92 Å². The lowest BCUT2D eigenvalue weighted by Gasteiger charge is -2.48. The Bertz CT molecular complexity index is 2030. The van der Waals surface area contributed by atoms with Crippen LogP contribution in [0.1, 0.15) is 46.1 Å². The summed E-state index contributed by atoms with van der Waals surface area (Å²) < 4.78 is 95.1. The molecule has 1 N–H and O–H groups in total. The average molecular weight is 767 g/mol. The van der Waals surface area contributed by atoms with Crippen molar-refractivity contribution >= 4 is 41.5 Å². The highest BCUT2D eigenvalue weighted by molar-refractivity contribution is 6.74. The van der Waals surface area contributed by atoms with Gasteiger partial charge in [0.05, 0.1) is 21.5 Å². The molecule has 0 amide bonds. The minimum Gasteiger partial charge on any atom is -0.468 e. The van der Waals surface area contributed by atoms with Crippen LogP contribution < -0.4 is 14.4 Å². The lowest BCUT2D eigenvalue weighted by molar-refractivity contribution is -0.384. The third-order valence-corrected chi connectivity index (χ3v) is 14.4. The predicted octanol–water partition coefficient (Wildman–Crippen LogP) is 8.48. The van der Waals surface area contributed by atoms with Gasteiger partial charge < -0.3 is 28.6 Å². The molecule has 2 heterocycles. The molecule has 1 atom stereocenters. The van der Waals surface area contributed by atoms with Crippen LogP contribution in [0.3, 0.4) is 0 Å². The number of hydrogen-bond acceptors (Lipinski definition) is 10. The Morgan fingerprint density at radius 2 is 1.81 bits per heavy atom. The molecule has 0 spiro atoms. The first-order chi connectivity index (χ1) is 24.7. The number of rotatable bonds is 12. The highest BCUT2D eigenvalue weighted by Crippen LogP contribution is 2.46. The van der Waals surface area contributed by atoms with E-state index in [4.69, 9.17) is 18.6 Å². The standard InChI is InChI=1S/C36H43F5N4O7Si/c1-34(2,3)53(6,7)52-35(4)12-8-13-44(18-35)32-25-17-27(45(47)48)29(30(38)31(25)42-33(43-32)50-19-36(39,40)41)24-16-22(51-20-49-5)15-21-9-10-26(37)23(11-14-46)28(21)24/h9-10,15-17,46H,8,11-14,18-20H2,1-7H3/t35-/m1/s1. The van der Waals surface area contributed by atoms with E-state index in [-0.39, 0.29) is 58.3 Å². The second-order valence-corrected chi connectivity index (χ2v) is 19.7. The Kier molecular flexibility index (Phi) is 11.3. The van der Waals surface area contributed by atoms with Crippen LogP contribution in [0, 0.1) is 21.7 Å². The van der Waals surface area contributed by atoms with Gasteiger partial charge in [-0.1, -0.05) is 26.8 Å². The number of nitro groups is 1. The molecule has 4 aromatic rings. The summed E-state index contributed by atoms with van der Waals surface area (Å²) in [6.07, 6.45) is -3.79. The van der Waals surface area contributed by atoms with Crippen molar-refractivity contribution in [3.8, 4) is 22.9 Å². The summed E-state index contributed by atoms with van der Waals surface area (Å²) in [6.45, 7) is 10.4. The number of fused-ring (bicyclic) bond motifs is 2. The fraction of sp³-hybridized carbons (Fsp3) is 0.500. The summed E-state index contributed by atoms with van der Waals surface area (Å²) in [7, 11) is -0.975. The number of ether oxygens (including phenoxy) is 3. The summed E-state index contributed by atoms with van der Waals surface area (Å²) in [5, 5.41) is 22.7. The number of aliphatic hydroxyl groups is 1. The molecule has 17 heteroatoms. The molecule has 3 aromatic carbocycles. The number of aromatic nitrogens is 2. The summed E-state index contributed by atoms with van der Waals surface area (Å²) >= 11 is 0. The first-order valence-corrected chi connectivity index (χ1v) is 19.9. The molecule has 1 aliphatic rings. The summed E-state index contributed by atoms with van der Waals surface area (Å²) in [6, 6.07) is 5.57. The van der Waals surface area contributed by atoms with Crippen LogP contribution in [0.4, 0.5) is 33.5 Å². The van der Waals surface area contributed by atoms with Gasteiger partial charge in [0, 0.05) is 38.4 Å². The van der Waals surface area contributed by atoms with Crippen LogP contribution in [-0.4, -0.2) is 80.3 Å². The monoisotopic (exact) mass is 766 g/mol. The Labute approximate surface area is 304 Å². The summed E-state index contributed by atoms with van der Waals surface area (Å²) in [4.78, 5) is 22.0. The van der Waals surface area contributed by atoms with E-state index in [1.54, 1.807) is 4.90 Å². The highest BCUT2D eigenvalue weighted by Gasteiger charge is 2.45. The van der Waals surface area contributed by atoms with Crippen LogP contribution in [0.2, 0.25) is 18.1 Å². The molecule has 1 fully saturated rings. The van der Waals surface area contributed by atoms with Gasteiger partial charge in [0.15, 0.2) is 27.5 Å². The van der Waals surface area contributed by atoms with E-state index in [0.29, 0.717) is 24.8 Å². The lowest BCUT2D eigenvalue weighted by Crippen LogP contribution is -2.55. The third kappa shape index (κ3) is 8.47. The Balaban J connectivity index is 1.81. The molecule has 0 aliphatic carbocycles. The minimum atomic E-state index is -4.78. The number of aliphatic hydroxyl groups excluding tert-OH is 1. The van der Waals surface area contributed by atoms with Crippen molar-refractivity contribution in [1.82, 2.24) is 9.97 Å². The molecule has 0 radical (unpaired) electrons. The number of alkyl halides is 3. The number of nitrogens with zero attached hydrogens (tertiary/aromatic N) is 4. The van der Waals surface area contributed by atoms with Gasteiger partial charge in [0.25, 0.3) is 5.69 Å². The average Bonchev–Trinajstić information content (AvgIpc) is 3.05. The molecule has 11 nitrogen and oxygen atoms in total. The van der Waals surface area contributed by atoms with E-state index >= 15 is 8.78 Å². The lowest BCUT2D eigenvalue weighted by atomic mass is 9.90. The van der Waals surface area contributed by atoms with E-state index < -0.39 is 72.6 Å². The van der Waals surface area contributed by atoms with Crippen LogP contribution in [0.25, 0.3) is 32.8 Å². The van der Waals surface area contributed by atoms with Crippen LogP contribution in [0.15, 0.2) is 30.3 Å². The molecule has 1 saturated heterocycles. The molecule has 53 heavy (non-hydrogen) atoms. The van der Waals surface area contributed by atoms with Crippen LogP contribution in [0.5, 0.6) is 11.8 Å². The van der Waals surface area contributed by atoms with E-state index in [1.165, 1.54) is 25.3 Å². The first-order valence-electron chi connectivity index (χ1n) is 17.0. The maximum atomic E-state index is 17.3. The number of piperidine rings is 1. The fourth-order valence-corrected chi connectivity index (χ4v) is 8.23. The number of benzene rings is 3. The van der Waals surface area contributed by atoms with Crippen molar-refractivity contribution in [2.75, 3.05) is 45.1 Å². The highest BCUT2D eigenvalue weighted by atomic mass is 28.4. The molecule has 1 aromatic heterocycles. The Morgan fingerprint density at radius 1 is 1.09 bits per heavy atom. The zero-order valence-corrected chi connectivity index (χ0v) is 31.6. The molecule has 0 saturated carbocycles. The van der Waals surface area contributed by atoms with Crippen molar-refractivity contribution in [2.24, 2.45) is 0 Å². The van der Waals surface area contributed by atoms with Crippen LogP contribution >= 0.6 is 0 Å². The van der Waals surface area contributed by atoms with Crippen molar-refractivity contribution in [3.63, 3.8) is 0 Å². The number of methoxy groups -OCH3 is 1. The van der Waals surface area contributed by atoms with Gasteiger partial charge in [-0.3, -0.25) is 10.1 Å². The van der Waals surface area contributed by atoms with Gasteiger partial charge in [0.1, 0.15) is 22.9 Å². The largest absolute Gasteiger partial charge is 0.468 e. The number of hydrogen-bond donors (Lipinski definition) is 1. The number of halogens is 5. The van der Waals surface area contributed by atoms with Crippen LogP contribution in [-0.2, 0) is 15.6 Å². The Hall–Kier alpha value is -4.19. The summed E-state index contributed by atoms with van der Waals surface area (Å²) in [5.41, 5.74) is -2.89. The predicted molar refractivity (Wildman–Crippen MR) is 192 cm³/mol. The first kappa shape index (κ1) is 40.0. The fourth-order valence-electron chi connectivity index (χ4n) is 6.52. The van der Waals surface area contributed by atoms with Gasteiger partial charge in [-0.2, -0.15) is 23.1 Å².